The van der Waals surface area contributed by atoms with Crippen LogP contribution in [0.15, 0.2) is 0 Å². The van der Waals surface area contributed by atoms with Crippen molar-refractivity contribution in [1.29, 1.82) is 0 Å². The zero-order chi connectivity index (χ0) is 14.5. The molecular weight excluding hydrogens is 264 g/mol. The van der Waals surface area contributed by atoms with Gasteiger partial charge >= 0.3 is 0 Å². The van der Waals surface area contributed by atoms with Gasteiger partial charge in [0.25, 0.3) is 0 Å². The summed E-state index contributed by atoms with van der Waals surface area (Å²) >= 11 is 0. The molecule has 0 amide bonds. The van der Waals surface area contributed by atoms with E-state index in [9.17, 15) is 8.42 Å². The molecule has 1 aliphatic rings. The number of nitrogens with zero attached hydrogens (tertiary/aromatic N) is 2. The minimum atomic E-state index is -3.03. The minimum absolute atomic E-state index is 0.447. The lowest BCUT2D eigenvalue weighted by Crippen LogP contribution is -2.43. The molecule has 1 rings (SSSR count). The predicted octanol–water partition coefficient (Wildman–Crippen LogP) is 0.872. The molecule has 0 spiro atoms. The Morgan fingerprint density at radius 1 is 1.47 bits per heavy atom. The van der Waals surface area contributed by atoms with Gasteiger partial charge < -0.3 is 9.64 Å². The van der Waals surface area contributed by atoms with E-state index in [0.29, 0.717) is 24.9 Å². The summed E-state index contributed by atoms with van der Waals surface area (Å²) in [7, 11) is 0.795. The van der Waals surface area contributed by atoms with E-state index in [4.69, 9.17) is 4.74 Å². The van der Waals surface area contributed by atoms with Gasteiger partial charge in [-0.1, -0.05) is 6.92 Å². The number of sulfonamides is 1. The summed E-state index contributed by atoms with van der Waals surface area (Å²) in [6.45, 7) is 6.23. The molecule has 1 saturated heterocycles. The molecule has 1 heterocycles. The van der Waals surface area contributed by atoms with Crippen LogP contribution in [0.2, 0.25) is 0 Å². The molecule has 19 heavy (non-hydrogen) atoms. The number of hydrogen-bond acceptors (Lipinski definition) is 4. The van der Waals surface area contributed by atoms with Crippen molar-refractivity contribution < 1.29 is 13.2 Å². The molecule has 0 aromatic carbocycles. The van der Waals surface area contributed by atoms with E-state index < -0.39 is 10.0 Å². The highest BCUT2D eigenvalue weighted by molar-refractivity contribution is 7.88. The Morgan fingerprint density at radius 3 is 2.74 bits per heavy atom. The molecular formula is C13H28N2O3S. The average molecular weight is 292 g/mol. The van der Waals surface area contributed by atoms with Gasteiger partial charge in [-0.05, 0) is 31.7 Å². The Kier molecular flexibility index (Phi) is 6.73. The fraction of sp³-hybridized carbons (Fsp3) is 1.00. The zero-order valence-electron chi connectivity index (χ0n) is 12.6. The van der Waals surface area contributed by atoms with Crippen LogP contribution in [-0.4, -0.2) is 70.8 Å². The number of hydrogen-bond donors (Lipinski definition) is 0. The highest BCUT2D eigenvalue weighted by Crippen LogP contribution is 2.19. The van der Waals surface area contributed by atoms with Gasteiger partial charge in [-0.3, -0.25) is 0 Å². The molecule has 114 valence electrons. The van der Waals surface area contributed by atoms with Crippen molar-refractivity contribution in [3.8, 4) is 0 Å². The number of piperidine rings is 1. The first-order chi connectivity index (χ1) is 8.82. The molecule has 0 aromatic heterocycles. The molecule has 0 aromatic rings. The van der Waals surface area contributed by atoms with Crippen molar-refractivity contribution >= 4 is 10.0 Å². The van der Waals surface area contributed by atoms with Crippen molar-refractivity contribution in [2.45, 2.75) is 19.8 Å². The Morgan fingerprint density at radius 2 is 2.16 bits per heavy atom. The van der Waals surface area contributed by atoms with Crippen molar-refractivity contribution in [2.24, 2.45) is 11.8 Å². The van der Waals surface area contributed by atoms with Gasteiger partial charge in [0.15, 0.2) is 0 Å². The summed E-state index contributed by atoms with van der Waals surface area (Å²) in [5, 5.41) is 0. The normalized spacial score (nSPS) is 23.7. The molecule has 2 atom stereocenters. The lowest BCUT2D eigenvalue weighted by Gasteiger charge is -2.33. The monoisotopic (exact) mass is 292 g/mol. The largest absolute Gasteiger partial charge is 0.384 e. The van der Waals surface area contributed by atoms with E-state index in [-0.39, 0.29) is 0 Å². The smallest absolute Gasteiger partial charge is 0.211 e. The maximum absolute atomic E-state index is 11.6. The van der Waals surface area contributed by atoms with Crippen LogP contribution in [0.25, 0.3) is 0 Å². The zero-order valence-corrected chi connectivity index (χ0v) is 13.4. The van der Waals surface area contributed by atoms with Crippen LogP contribution in [0, 0.1) is 11.8 Å². The van der Waals surface area contributed by atoms with Crippen molar-refractivity contribution in [3.63, 3.8) is 0 Å². The Labute approximate surface area is 118 Å². The summed E-state index contributed by atoms with van der Waals surface area (Å²) in [5.41, 5.74) is 0. The van der Waals surface area contributed by atoms with Gasteiger partial charge in [-0.15, -0.1) is 0 Å². The van der Waals surface area contributed by atoms with Gasteiger partial charge in [0, 0.05) is 39.9 Å². The maximum atomic E-state index is 11.6. The van der Waals surface area contributed by atoms with Crippen molar-refractivity contribution in [3.05, 3.63) is 0 Å². The fourth-order valence-corrected chi connectivity index (χ4v) is 3.80. The van der Waals surface area contributed by atoms with E-state index in [2.05, 4.69) is 18.9 Å². The molecule has 1 aliphatic heterocycles. The van der Waals surface area contributed by atoms with Gasteiger partial charge in [-0.2, -0.15) is 0 Å². The Bertz CT molecular complexity index is 359. The van der Waals surface area contributed by atoms with E-state index in [1.807, 2.05) is 0 Å². The first-order valence-electron chi connectivity index (χ1n) is 6.95. The maximum Gasteiger partial charge on any atom is 0.211 e. The first-order valence-corrected chi connectivity index (χ1v) is 8.80. The van der Waals surface area contributed by atoms with E-state index in [0.717, 1.165) is 32.5 Å². The van der Waals surface area contributed by atoms with Crippen LogP contribution in [-0.2, 0) is 14.8 Å². The van der Waals surface area contributed by atoms with Crippen LogP contribution < -0.4 is 0 Å². The van der Waals surface area contributed by atoms with E-state index in [1.54, 1.807) is 11.4 Å². The van der Waals surface area contributed by atoms with Crippen LogP contribution >= 0.6 is 0 Å². The summed E-state index contributed by atoms with van der Waals surface area (Å²) in [4.78, 5) is 2.29. The number of rotatable bonds is 7. The fourth-order valence-electron chi connectivity index (χ4n) is 2.86. The molecule has 1 fully saturated rings. The van der Waals surface area contributed by atoms with Crippen molar-refractivity contribution in [1.82, 2.24) is 9.21 Å². The summed E-state index contributed by atoms with van der Waals surface area (Å²) in [6, 6.07) is 0. The molecule has 5 nitrogen and oxygen atoms in total. The van der Waals surface area contributed by atoms with Crippen LogP contribution in [0.3, 0.4) is 0 Å². The molecule has 0 aliphatic carbocycles. The quantitative estimate of drug-likeness (QED) is 0.699. The second-order valence-electron chi connectivity index (χ2n) is 5.91. The highest BCUT2D eigenvalue weighted by Gasteiger charge is 2.26. The number of methoxy groups -OCH3 is 1. The van der Waals surface area contributed by atoms with Gasteiger partial charge in [-0.25, -0.2) is 12.7 Å². The van der Waals surface area contributed by atoms with Crippen LogP contribution in [0.4, 0.5) is 0 Å². The first kappa shape index (κ1) is 16.9. The molecule has 0 saturated carbocycles. The summed E-state index contributed by atoms with van der Waals surface area (Å²) in [5.74, 6) is 0.952. The summed E-state index contributed by atoms with van der Waals surface area (Å²) < 4.78 is 29.9. The molecule has 0 N–H and O–H groups in total. The average Bonchev–Trinajstić information content (AvgIpc) is 2.28. The lowest BCUT2D eigenvalue weighted by atomic mass is 9.99. The van der Waals surface area contributed by atoms with Gasteiger partial charge in [0.05, 0.1) is 6.26 Å². The second kappa shape index (κ2) is 7.57. The Hall–Kier alpha value is -0.170. The standard InChI is InChI=1S/C13H28N2O3S/c1-12(11-18-3)8-14(2)9-13-6-5-7-15(10-13)19(4,16)17/h12-13H,5-11H2,1-4H3/t12-,13-/m0/s1. The highest BCUT2D eigenvalue weighted by atomic mass is 32.2. The molecule has 0 unspecified atom stereocenters. The predicted molar refractivity (Wildman–Crippen MR) is 77.7 cm³/mol. The van der Waals surface area contributed by atoms with E-state index in [1.165, 1.54) is 6.26 Å². The molecule has 0 radical (unpaired) electrons. The SMILES string of the molecule is COC[C@@H](C)CN(C)C[C@@H]1CCCN(S(C)(=O)=O)C1. The minimum Gasteiger partial charge on any atom is -0.384 e. The molecule has 6 heteroatoms. The molecule has 0 bridgehead atoms. The van der Waals surface area contributed by atoms with Gasteiger partial charge in [0.1, 0.15) is 0 Å². The second-order valence-corrected chi connectivity index (χ2v) is 7.89. The van der Waals surface area contributed by atoms with Crippen LogP contribution in [0.1, 0.15) is 19.8 Å². The third-order valence-corrected chi connectivity index (χ3v) is 4.86. The Balaban J connectivity index is 2.40. The topological polar surface area (TPSA) is 49.9 Å². The third-order valence-electron chi connectivity index (χ3n) is 3.60. The van der Waals surface area contributed by atoms with E-state index >= 15 is 0 Å². The third kappa shape index (κ3) is 6.21. The summed E-state index contributed by atoms with van der Waals surface area (Å²) in [6.07, 6.45) is 3.40. The van der Waals surface area contributed by atoms with Crippen molar-refractivity contribution in [2.75, 3.05) is 53.2 Å². The lowest BCUT2D eigenvalue weighted by molar-refractivity contribution is 0.125. The number of ether oxygens (including phenoxy) is 1. The van der Waals surface area contributed by atoms with Gasteiger partial charge in [0.2, 0.25) is 10.0 Å². The van der Waals surface area contributed by atoms with Crippen LogP contribution in [0.5, 0.6) is 0 Å².